The summed E-state index contributed by atoms with van der Waals surface area (Å²) in [5.41, 5.74) is 0.652. The van der Waals surface area contributed by atoms with Gasteiger partial charge in [0.15, 0.2) is 0 Å². The van der Waals surface area contributed by atoms with Gasteiger partial charge in [0.25, 0.3) is 0 Å². The largest absolute Gasteiger partial charge is 0.497 e. The molecule has 0 bridgehead atoms. The Morgan fingerprint density at radius 1 is 1.27 bits per heavy atom. The first-order valence-electron chi connectivity index (χ1n) is 10.4. The molecule has 2 aromatic rings. The van der Waals surface area contributed by atoms with E-state index in [4.69, 9.17) is 21.7 Å². The Hall–Kier alpha value is -2.76. The van der Waals surface area contributed by atoms with E-state index in [2.05, 4.69) is 31.6 Å². The molecule has 2 N–H and O–H groups in total. The number of hydrogen-bond donors (Lipinski definition) is 2. The zero-order chi connectivity index (χ0) is 23.8. The lowest BCUT2D eigenvalue weighted by Gasteiger charge is -2.26. The molecule has 1 aliphatic rings. The van der Waals surface area contributed by atoms with E-state index in [-0.39, 0.29) is 17.4 Å². The van der Waals surface area contributed by atoms with Crippen LogP contribution in [0.25, 0.3) is 0 Å². The van der Waals surface area contributed by atoms with Gasteiger partial charge in [-0.1, -0.05) is 18.3 Å². The Bertz CT molecular complexity index is 994. The number of nitrogens with zero attached hydrogens (tertiary/aromatic N) is 3. The van der Waals surface area contributed by atoms with Gasteiger partial charge >= 0.3 is 6.18 Å². The fourth-order valence-electron chi connectivity index (χ4n) is 3.21. The molecule has 0 radical (unpaired) electrons. The number of aromatic nitrogens is 2. The summed E-state index contributed by atoms with van der Waals surface area (Å²) in [5.74, 6) is 0.186. The van der Waals surface area contributed by atoms with E-state index in [9.17, 15) is 13.2 Å². The highest BCUT2D eigenvalue weighted by Crippen LogP contribution is 2.34. The molecule has 1 aromatic carbocycles. The summed E-state index contributed by atoms with van der Waals surface area (Å²) in [5, 5.41) is 5.93. The van der Waals surface area contributed by atoms with Gasteiger partial charge in [0.05, 0.1) is 25.9 Å². The van der Waals surface area contributed by atoms with E-state index in [1.807, 2.05) is 6.92 Å². The van der Waals surface area contributed by atoms with Gasteiger partial charge < -0.3 is 20.1 Å². The molecule has 1 fully saturated rings. The van der Waals surface area contributed by atoms with Crippen LogP contribution in [-0.4, -0.2) is 59.8 Å². The van der Waals surface area contributed by atoms with Crippen LogP contribution in [0.15, 0.2) is 42.2 Å². The van der Waals surface area contributed by atoms with Crippen LogP contribution in [0.4, 0.5) is 24.8 Å². The molecular weight excluding hydrogens is 455 g/mol. The molecular formula is C22H26F3N5O2S. The summed E-state index contributed by atoms with van der Waals surface area (Å²) in [7, 11) is 1.30. The predicted octanol–water partition coefficient (Wildman–Crippen LogP) is 4.14. The van der Waals surface area contributed by atoms with Crippen molar-refractivity contribution in [1.82, 2.24) is 20.2 Å². The van der Waals surface area contributed by atoms with Crippen LogP contribution in [-0.2, 0) is 10.9 Å². The van der Waals surface area contributed by atoms with Gasteiger partial charge in [-0.3, -0.25) is 4.90 Å². The van der Waals surface area contributed by atoms with Gasteiger partial charge in [-0.05, 0) is 31.5 Å². The molecule has 0 atom stereocenters. The number of methoxy groups -OCH3 is 1. The topological polar surface area (TPSA) is 71.5 Å². The second kappa shape index (κ2) is 11.4. The molecule has 33 heavy (non-hydrogen) atoms. The average molecular weight is 482 g/mol. The maximum Gasteiger partial charge on any atom is 0.416 e. The van der Waals surface area contributed by atoms with Crippen LogP contribution in [0, 0.1) is 0 Å². The minimum Gasteiger partial charge on any atom is -0.497 e. The number of rotatable bonds is 8. The number of hydrogen-bond acceptors (Lipinski definition) is 7. The molecule has 7 nitrogen and oxygen atoms in total. The lowest BCUT2D eigenvalue weighted by atomic mass is 10.2. The number of alkyl halides is 3. The second-order valence-electron chi connectivity index (χ2n) is 7.42. The number of allylic oxidation sites excluding steroid dienone is 1. The fraction of sp³-hybridized carbons (Fsp3) is 0.409. The van der Waals surface area contributed by atoms with E-state index >= 15 is 0 Å². The third-order valence-corrected chi connectivity index (χ3v) is 5.24. The highest BCUT2D eigenvalue weighted by Gasteiger charge is 2.31. The van der Waals surface area contributed by atoms with Crippen LogP contribution in [0.3, 0.4) is 0 Å². The number of thiocarbonyl (C=S) groups is 1. The van der Waals surface area contributed by atoms with Crippen LogP contribution in [0.5, 0.6) is 5.75 Å². The molecule has 11 heteroatoms. The van der Waals surface area contributed by atoms with E-state index in [1.165, 1.54) is 19.4 Å². The normalized spacial score (nSPS) is 15.2. The molecule has 1 saturated heterocycles. The SMILES string of the molecule is COc1cc(Nc2nccc(C(=S)N/C(C)=C/CCN3CCOCC3)n2)cc(C(F)(F)F)c1. The molecule has 0 amide bonds. The summed E-state index contributed by atoms with van der Waals surface area (Å²) < 4.78 is 49.8. The number of morpholine rings is 1. The van der Waals surface area contributed by atoms with Gasteiger partial charge in [0, 0.05) is 43.3 Å². The maximum absolute atomic E-state index is 13.2. The maximum atomic E-state index is 13.2. The lowest BCUT2D eigenvalue weighted by molar-refractivity contribution is -0.137. The van der Waals surface area contributed by atoms with Crippen LogP contribution in [0.1, 0.15) is 24.6 Å². The molecule has 2 heterocycles. The van der Waals surface area contributed by atoms with E-state index in [1.54, 1.807) is 6.07 Å². The highest BCUT2D eigenvalue weighted by molar-refractivity contribution is 7.80. The number of nitrogens with one attached hydrogen (secondary N) is 2. The molecule has 3 rings (SSSR count). The first-order chi connectivity index (χ1) is 15.7. The summed E-state index contributed by atoms with van der Waals surface area (Å²) in [6, 6.07) is 4.96. The Morgan fingerprint density at radius 2 is 2.03 bits per heavy atom. The first kappa shape index (κ1) is 24.9. The van der Waals surface area contributed by atoms with E-state index < -0.39 is 11.7 Å². The molecule has 0 unspecified atom stereocenters. The van der Waals surface area contributed by atoms with Crippen molar-refractivity contribution < 1.29 is 22.6 Å². The Kier molecular flexibility index (Phi) is 8.59. The summed E-state index contributed by atoms with van der Waals surface area (Å²) in [6.07, 6.45) is -0.0851. The van der Waals surface area contributed by atoms with Gasteiger partial charge in [-0.15, -0.1) is 0 Å². The Morgan fingerprint density at radius 3 is 2.73 bits per heavy atom. The summed E-state index contributed by atoms with van der Waals surface area (Å²) in [4.78, 5) is 11.1. The van der Waals surface area contributed by atoms with Crippen molar-refractivity contribution in [2.24, 2.45) is 0 Å². The number of ether oxygens (including phenoxy) is 2. The quantitative estimate of drug-likeness (QED) is 0.546. The Balaban J connectivity index is 1.63. The molecule has 0 saturated carbocycles. The third kappa shape index (κ3) is 7.65. The van der Waals surface area contributed by atoms with Gasteiger partial charge in [-0.25, -0.2) is 9.97 Å². The van der Waals surface area contributed by atoms with Gasteiger partial charge in [-0.2, -0.15) is 13.2 Å². The van der Waals surface area contributed by atoms with Crippen molar-refractivity contribution in [3.63, 3.8) is 0 Å². The molecule has 0 spiro atoms. The summed E-state index contributed by atoms with van der Waals surface area (Å²) >= 11 is 5.44. The van der Waals surface area contributed by atoms with Crippen LogP contribution < -0.4 is 15.4 Å². The van der Waals surface area contributed by atoms with Gasteiger partial charge in [0.2, 0.25) is 5.95 Å². The number of halogens is 3. The molecule has 0 aliphatic carbocycles. The van der Waals surface area contributed by atoms with Crippen molar-refractivity contribution in [3.05, 3.63) is 53.5 Å². The Labute approximate surface area is 196 Å². The monoisotopic (exact) mass is 481 g/mol. The lowest BCUT2D eigenvalue weighted by Crippen LogP contribution is -2.36. The zero-order valence-corrected chi connectivity index (χ0v) is 19.2. The zero-order valence-electron chi connectivity index (χ0n) is 18.4. The number of anilines is 2. The minimum absolute atomic E-state index is 0.0681. The highest BCUT2D eigenvalue weighted by atomic mass is 32.1. The van der Waals surface area contributed by atoms with E-state index in [0.717, 1.165) is 57.1 Å². The van der Waals surface area contributed by atoms with Crippen molar-refractivity contribution >= 4 is 28.8 Å². The minimum atomic E-state index is -4.51. The summed E-state index contributed by atoms with van der Waals surface area (Å²) in [6.45, 7) is 6.27. The first-order valence-corrected chi connectivity index (χ1v) is 10.8. The standard InChI is InChI=1S/C22H26F3N5O2S/c1-15(4-3-7-30-8-10-32-11-9-30)27-20(33)19-5-6-26-21(29-19)28-17-12-16(22(23,24)25)13-18(14-17)31-2/h4-6,12-14H,3,7-11H2,1-2H3,(H,27,33)(H,26,28,29)/b15-4+. The van der Waals surface area contributed by atoms with Crippen molar-refractivity contribution in [1.29, 1.82) is 0 Å². The predicted molar refractivity (Wildman–Crippen MR) is 124 cm³/mol. The van der Waals surface area contributed by atoms with Gasteiger partial charge in [0.1, 0.15) is 16.4 Å². The van der Waals surface area contributed by atoms with Crippen LogP contribution in [0.2, 0.25) is 0 Å². The third-order valence-electron chi connectivity index (χ3n) is 4.92. The second-order valence-corrected chi connectivity index (χ2v) is 7.83. The number of benzene rings is 1. The smallest absolute Gasteiger partial charge is 0.416 e. The fourth-order valence-corrected chi connectivity index (χ4v) is 3.48. The average Bonchev–Trinajstić information content (AvgIpc) is 2.79. The van der Waals surface area contributed by atoms with Crippen molar-refractivity contribution in [2.45, 2.75) is 19.5 Å². The molecule has 178 valence electrons. The van der Waals surface area contributed by atoms with E-state index in [0.29, 0.717) is 10.7 Å². The molecule has 1 aromatic heterocycles. The molecule has 1 aliphatic heterocycles. The van der Waals surface area contributed by atoms with Crippen LogP contribution >= 0.6 is 12.2 Å². The van der Waals surface area contributed by atoms with Crippen molar-refractivity contribution in [2.75, 3.05) is 45.3 Å². The van der Waals surface area contributed by atoms with Crippen molar-refractivity contribution in [3.8, 4) is 5.75 Å².